The maximum atomic E-state index is 11.8. The number of rotatable bonds is 6. The molecule has 194 valence electrons. The van der Waals surface area contributed by atoms with E-state index in [0.29, 0.717) is 6.04 Å². The van der Waals surface area contributed by atoms with Crippen LogP contribution in [0.25, 0.3) is 0 Å². The van der Waals surface area contributed by atoms with Gasteiger partial charge in [0.05, 0.1) is 0 Å². The number of aliphatic hydroxyl groups is 1. The quantitative estimate of drug-likeness (QED) is 0.636. The number of benzene rings is 2. The maximum Gasteiger partial charge on any atom is 0.166 e. The molecular weight excluding hydrogens is 444 g/mol. The topological polar surface area (TPSA) is 33.2 Å². The highest BCUT2D eigenvalue weighted by Gasteiger charge is 2.56. The molecule has 4 aliphatic rings. The molecule has 6 rings (SSSR count). The number of hydrogen-bond donors (Lipinski definition) is 1. The van der Waals surface area contributed by atoms with Crippen molar-refractivity contribution < 1.29 is 5.11 Å². The van der Waals surface area contributed by atoms with Gasteiger partial charge in [0.2, 0.25) is 0 Å². The van der Waals surface area contributed by atoms with Gasteiger partial charge in [-0.15, -0.1) is 0 Å². The standard InChI is InChI=1S/C31H44N4O/c1-32(2)31(26-9-5-3-6-10-26)19-17-30(18-20-31)24-34(29(36)35(30)23-25-13-14-25)28-15-21-33(22-16-28)27-11-7-4-8-12-27/h3-12,25,28-29,36H,13-24H2,1-2H3. The second kappa shape index (κ2) is 9.75. The fraction of sp³-hybridized carbons (Fsp3) is 0.613. The Bertz CT molecular complexity index is 992. The van der Waals surface area contributed by atoms with Crippen molar-refractivity contribution >= 4 is 5.69 Å². The van der Waals surface area contributed by atoms with Crippen molar-refractivity contribution in [3.63, 3.8) is 0 Å². The zero-order valence-electron chi connectivity index (χ0n) is 22.2. The number of anilines is 1. The number of piperidine rings is 1. The number of hydrogen-bond acceptors (Lipinski definition) is 5. The number of nitrogens with zero attached hydrogens (tertiary/aromatic N) is 4. The van der Waals surface area contributed by atoms with Gasteiger partial charge in [-0.3, -0.25) is 14.7 Å². The molecule has 0 radical (unpaired) electrons. The molecule has 2 aliphatic heterocycles. The van der Waals surface area contributed by atoms with Gasteiger partial charge in [0.1, 0.15) is 0 Å². The van der Waals surface area contributed by atoms with E-state index in [-0.39, 0.29) is 11.1 Å². The van der Waals surface area contributed by atoms with E-state index in [1.54, 1.807) is 0 Å². The van der Waals surface area contributed by atoms with Gasteiger partial charge in [0.25, 0.3) is 0 Å². The van der Waals surface area contributed by atoms with E-state index in [1.165, 1.54) is 24.1 Å². The Balaban J connectivity index is 1.19. The van der Waals surface area contributed by atoms with E-state index >= 15 is 0 Å². The average Bonchev–Trinajstić information content (AvgIpc) is 3.72. The third kappa shape index (κ3) is 4.38. The molecule has 5 heteroatoms. The number of para-hydroxylation sites is 1. The molecule has 2 aromatic carbocycles. The van der Waals surface area contributed by atoms with Gasteiger partial charge in [0.15, 0.2) is 6.35 Å². The molecule has 2 aromatic rings. The van der Waals surface area contributed by atoms with Gasteiger partial charge in [-0.25, -0.2) is 0 Å². The molecule has 0 bridgehead atoms. The first-order valence-electron chi connectivity index (χ1n) is 14.2. The van der Waals surface area contributed by atoms with Crippen LogP contribution in [0.4, 0.5) is 5.69 Å². The van der Waals surface area contributed by atoms with E-state index < -0.39 is 6.35 Å². The average molecular weight is 489 g/mol. The van der Waals surface area contributed by atoms with Crippen molar-refractivity contribution in [2.24, 2.45) is 5.92 Å². The Kier molecular flexibility index (Phi) is 6.62. The summed E-state index contributed by atoms with van der Waals surface area (Å²) in [5, 5.41) is 11.8. The summed E-state index contributed by atoms with van der Waals surface area (Å²) < 4.78 is 0. The fourth-order valence-corrected chi connectivity index (χ4v) is 7.53. The molecule has 0 amide bonds. The van der Waals surface area contributed by atoms with E-state index in [2.05, 4.69) is 94.4 Å². The minimum absolute atomic E-state index is 0.0944. The van der Waals surface area contributed by atoms with Crippen LogP contribution in [-0.2, 0) is 5.54 Å². The molecule has 5 nitrogen and oxygen atoms in total. The molecule has 0 aromatic heterocycles. The zero-order valence-corrected chi connectivity index (χ0v) is 22.2. The third-order valence-corrected chi connectivity index (χ3v) is 10.0. The molecule has 2 saturated carbocycles. The summed E-state index contributed by atoms with van der Waals surface area (Å²) in [6.45, 7) is 4.24. The Morgan fingerprint density at radius 2 is 1.44 bits per heavy atom. The van der Waals surface area contributed by atoms with Crippen LogP contribution in [0.5, 0.6) is 0 Å². The summed E-state index contributed by atoms with van der Waals surface area (Å²) in [6.07, 6.45) is 9.11. The first kappa shape index (κ1) is 24.4. The first-order chi connectivity index (χ1) is 17.5. The molecule has 2 aliphatic carbocycles. The largest absolute Gasteiger partial charge is 0.371 e. The molecular formula is C31H44N4O. The maximum absolute atomic E-state index is 11.8. The van der Waals surface area contributed by atoms with E-state index in [1.807, 2.05) is 0 Å². The monoisotopic (exact) mass is 488 g/mol. The number of aliphatic hydroxyl groups excluding tert-OH is 1. The van der Waals surface area contributed by atoms with Gasteiger partial charge in [0, 0.05) is 49.0 Å². The smallest absolute Gasteiger partial charge is 0.166 e. The van der Waals surface area contributed by atoms with Crippen LogP contribution in [0.1, 0.15) is 56.9 Å². The molecule has 2 saturated heterocycles. The second-order valence-electron chi connectivity index (χ2n) is 12.2. The summed E-state index contributed by atoms with van der Waals surface area (Å²) in [7, 11) is 4.51. The van der Waals surface area contributed by atoms with Crippen molar-refractivity contribution in [1.29, 1.82) is 0 Å². The Morgan fingerprint density at radius 3 is 2.03 bits per heavy atom. The van der Waals surface area contributed by atoms with Gasteiger partial charge < -0.3 is 10.0 Å². The fourth-order valence-electron chi connectivity index (χ4n) is 7.53. The lowest BCUT2D eigenvalue weighted by atomic mass is 9.68. The van der Waals surface area contributed by atoms with Gasteiger partial charge in [-0.2, -0.15) is 0 Å². The van der Waals surface area contributed by atoms with Crippen LogP contribution in [0.2, 0.25) is 0 Å². The first-order valence-corrected chi connectivity index (χ1v) is 14.2. The van der Waals surface area contributed by atoms with Crippen LogP contribution in [0, 0.1) is 5.92 Å². The van der Waals surface area contributed by atoms with E-state index in [0.717, 1.165) is 70.6 Å². The van der Waals surface area contributed by atoms with Gasteiger partial charge in [-0.05, 0) is 89.1 Å². The van der Waals surface area contributed by atoms with Crippen LogP contribution >= 0.6 is 0 Å². The van der Waals surface area contributed by atoms with Gasteiger partial charge >= 0.3 is 0 Å². The highest BCUT2D eigenvalue weighted by Crippen LogP contribution is 2.51. The second-order valence-corrected chi connectivity index (χ2v) is 12.2. The lowest BCUT2D eigenvalue weighted by molar-refractivity contribution is -0.105. The highest BCUT2D eigenvalue weighted by molar-refractivity contribution is 5.46. The van der Waals surface area contributed by atoms with Crippen molar-refractivity contribution in [2.45, 2.75) is 74.8 Å². The van der Waals surface area contributed by atoms with Crippen LogP contribution in [-0.4, -0.2) is 78.0 Å². The lowest BCUT2D eigenvalue weighted by Gasteiger charge is -2.51. The zero-order chi connectivity index (χ0) is 24.8. The molecule has 1 unspecified atom stereocenters. The van der Waals surface area contributed by atoms with Crippen molar-refractivity contribution in [1.82, 2.24) is 14.7 Å². The normalized spacial score (nSPS) is 32.6. The molecule has 1 N–H and O–H groups in total. The Morgan fingerprint density at radius 1 is 0.833 bits per heavy atom. The van der Waals surface area contributed by atoms with E-state index in [9.17, 15) is 5.11 Å². The summed E-state index contributed by atoms with van der Waals surface area (Å²) >= 11 is 0. The Hall–Kier alpha value is -1.92. The van der Waals surface area contributed by atoms with Gasteiger partial charge in [-0.1, -0.05) is 48.5 Å². The molecule has 2 heterocycles. The minimum atomic E-state index is -0.428. The SMILES string of the molecule is CN(C)C1(c2ccccc2)CCC2(CC1)CN(C1CCN(c3ccccc3)CC1)C(O)N2CC1CC1. The third-order valence-electron chi connectivity index (χ3n) is 10.0. The highest BCUT2D eigenvalue weighted by atomic mass is 16.3. The van der Waals surface area contributed by atoms with Crippen LogP contribution < -0.4 is 4.90 Å². The summed E-state index contributed by atoms with van der Waals surface area (Å²) in [6, 6.07) is 22.4. The van der Waals surface area contributed by atoms with Crippen molar-refractivity contribution in [3.05, 3.63) is 66.2 Å². The summed E-state index contributed by atoms with van der Waals surface area (Å²) in [5.74, 6) is 0.783. The van der Waals surface area contributed by atoms with Crippen molar-refractivity contribution in [2.75, 3.05) is 45.2 Å². The lowest BCUT2D eigenvalue weighted by Crippen LogP contribution is -2.56. The molecule has 4 fully saturated rings. The minimum Gasteiger partial charge on any atom is -0.371 e. The molecule has 1 spiro atoms. The summed E-state index contributed by atoms with van der Waals surface area (Å²) in [4.78, 5) is 10.0. The Labute approximate surface area is 217 Å². The van der Waals surface area contributed by atoms with E-state index in [4.69, 9.17) is 0 Å². The van der Waals surface area contributed by atoms with Crippen molar-refractivity contribution in [3.8, 4) is 0 Å². The molecule has 1 atom stereocenters. The summed E-state index contributed by atoms with van der Waals surface area (Å²) in [5.41, 5.74) is 2.98. The van der Waals surface area contributed by atoms with Crippen LogP contribution in [0.15, 0.2) is 60.7 Å². The predicted octanol–water partition coefficient (Wildman–Crippen LogP) is 4.73. The molecule has 36 heavy (non-hydrogen) atoms. The van der Waals surface area contributed by atoms with Crippen LogP contribution in [0.3, 0.4) is 0 Å². The predicted molar refractivity (Wildman–Crippen MR) is 147 cm³/mol.